The number of hydrogen-bond donors (Lipinski definition) is 0. The molecule has 4 unspecified atom stereocenters. The summed E-state index contributed by atoms with van der Waals surface area (Å²) in [7, 11) is -4.10. The third-order valence-corrected chi connectivity index (χ3v) is 6.51. The molecule has 1 aliphatic heterocycles. The molecule has 0 aromatic heterocycles. The van der Waals surface area contributed by atoms with Gasteiger partial charge in [0.2, 0.25) is 11.7 Å². The molecule has 1 fully saturated rings. The highest BCUT2D eigenvalue weighted by molar-refractivity contribution is 7.55. The van der Waals surface area contributed by atoms with Gasteiger partial charge in [0.25, 0.3) is 0 Å². The van der Waals surface area contributed by atoms with Gasteiger partial charge in [0.05, 0.1) is 19.3 Å². The first-order valence-electron chi connectivity index (χ1n) is 9.56. The Morgan fingerprint density at radius 2 is 1.93 bits per heavy atom. The Bertz CT molecular complexity index is 706. The zero-order valence-electron chi connectivity index (χ0n) is 17.9. The molecule has 11 heteroatoms. The summed E-state index contributed by atoms with van der Waals surface area (Å²) in [5.41, 5.74) is 7.93. The Kier molecular flexibility index (Phi) is 8.90. The van der Waals surface area contributed by atoms with Crippen molar-refractivity contribution >= 4 is 19.5 Å². The van der Waals surface area contributed by atoms with Crippen LogP contribution in [-0.4, -0.2) is 53.5 Å². The zero-order chi connectivity index (χ0) is 22.4. The molecule has 0 aromatic rings. The minimum atomic E-state index is -4.10. The molecule has 0 saturated carbocycles. The van der Waals surface area contributed by atoms with Gasteiger partial charge in [-0.1, -0.05) is 18.1 Å². The molecule has 0 bridgehead atoms. The maximum absolute atomic E-state index is 13.5. The molecule has 0 spiro atoms. The lowest BCUT2D eigenvalue weighted by molar-refractivity contribution is -0.170. The van der Waals surface area contributed by atoms with Crippen LogP contribution in [0.5, 0.6) is 0 Å². The minimum Gasteiger partial charge on any atom is -0.458 e. The van der Waals surface area contributed by atoms with Gasteiger partial charge < -0.3 is 18.7 Å². The maximum atomic E-state index is 13.5. The summed E-state index contributed by atoms with van der Waals surface area (Å²) in [5.74, 6) is -3.17. The smallest absolute Gasteiger partial charge is 0.364 e. The fourth-order valence-electron chi connectivity index (χ4n) is 3.04. The first-order valence-corrected chi connectivity index (χ1v) is 11.2. The number of likely N-dealkylation sites (tertiary alicyclic amines) is 1. The van der Waals surface area contributed by atoms with E-state index in [4.69, 9.17) is 19.3 Å². The van der Waals surface area contributed by atoms with Crippen LogP contribution >= 0.6 is 7.60 Å². The average Bonchev–Trinajstić information content (AvgIpc) is 2.61. The molecule has 0 aromatic carbocycles. The van der Waals surface area contributed by atoms with Gasteiger partial charge in [0.1, 0.15) is 11.6 Å². The number of nitrogens with zero attached hydrogens (tertiary/aromatic N) is 4. The van der Waals surface area contributed by atoms with Gasteiger partial charge in [-0.3, -0.25) is 9.36 Å². The highest BCUT2D eigenvalue weighted by Crippen LogP contribution is 2.57. The van der Waals surface area contributed by atoms with Crippen molar-refractivity contribution in [2.24, 2.45) is 11.0 Å². The summed E-state index contributed by atoms with van der Waals surface area (Å²) in [6.45, 7) is 13.8. The standard InChI is InChI=1S/C18H31N4O6P/c1-8-12(4)11-13-14(20-21-19)15(23)22(13)16(17(24)28-18(5,6)7)29(25,26-9-2)27-10-3/h8,12-14,16H,1,9-11H2,2-7H3. The molecule has 0 radical (unpaired) electrons. The van der Waals surface area contributed by atoms with Gasteiger partial charge in [0.15, 0.2) is 0 Å². The Morgan fingerprint density at radius 1 is 1.38 bits per heavy atom. The second-order valence-corrected chi connectivity index (χ2v) is 9.78. The Labute approximate surface area is 171 Å². The van der Waals surface area contributed by atoms with Crippen LogP contribution in [0.2, 0.25) is 0 Å². The molecule has 0 aliphatic carbocycles. The minimum absolute atomic E-state index is 0.00606. The molecular formula is C18H31N4O6P. The fraction of sp³-hybridized carbons (Fsp3) is 0.778. The number of carbonyl (C=O) groups excluding carboxylic acids is 2. The number of esters is 1. The predicted octanol–water partition coefficient (Wildman–Crippen LogP) is 4.02. The number of azide groups is 1. The van der Waals surface area contributed by atoms with Crippen molar-refractivity contribution in [2.45, 2.75) is 71.4 Å². The van der Waals surface area contributed by atoms with Gasteiger partial charge >= 0.3 is 13.6 Å². The summed E-state index contributed by atoms with van der Waals surface area (Å²) < 4.78 is 29.7. The Hall–Kier alpha value is -1.86. The van der Waals surface area contributed by atoms with Crippen LogP contribution in [-0.2, 0) is 27.9 Å². The number of ether oxygens (including phenoxy) is 1. The van der Waals surface area contributed by atoms with Crippen LogP contribution in [0.15, 0.2) is 17.8 Å². The lowest BCUT2D eigenvalue weighted by atomic mass is 9.87. The van der Waals surface area contributed by atoms with Crippen LogP contribution in [0.25, 0.3) is 10.4 Å². The fourth-order valence-corrected chi connectivity index (χ4v) is 5.02. The summed E-state index contributed by atoms with van der Waals surface area (Å²) in [4.78, 5) is 29.7. The number of β-lactam (4-membered cyclic amide) rings is 1. The van der Waals surface area contributed by atoms with Gasteiger partial charge in [-0.05, 0) is 52.5 Å². The van der Waals surface area contributed by atoms with E-state index < -0.39 is 42.9 Å². The molecular weight excluding hydrogens is 399 g/mol. The van der Waals surface area contributed by atoms with E-state index in [1.54, 1.807) is 40.7 Å². The van der Waals surface area contributed by atoms with E-state index in [1.165, 1.54) is 0 Å². The van der Waals surface area contributed by atoms with Crippen molar-refractivity contribution in [2.75, 3.05) is 13.2 Å². The number of amides is 1. The lowest BCUT2D eigenvalue weighted by Gasteiger charge is -2.50. The van der Waals surface area contributed by atoms with Gasteiger partial charge in [-0.25, -0.2) is 4.79 Å². The first kappa shape index (κ1) is 25.2. The Morgan fingerprint density at radius 3 is 2.34 bits per heavy atom. The molecule has 1 rings (SSSR count). The first-order chi connectivity index (χ1) is 13.5. The van der Waals surface area contributed by atoms with Crippen molar-refractivity contribution < 1.29 is 27.9 Å². The quantitative estimate of drug-likeness (QED) is 0.0925. The zero-order valence-corrected chi connectivity index (χ0v) is 18.8. The summed E-state index contributed by atoms with van der Waals surface area (Å²) in [5, 5.41) is 3.55. The molecule has 1 heterocycles. The molecule has 4 atom stereocenters. The van der Waals surface area contributed by atoms with E-state index in [2.05, 4.69) is 16.6 Å². The molecule has 164 valence electrons. The summed E-state index contributed by atoms with van der Waals surface area (Å²) >= 11 is 0. The van der Waals surface area contributed by atoms with E-state index in [-0.39, 0.29) is 19.1 Å². The number of allylic oxidation sites excluding steroid dienone is 1. The van der Waals surface area contributed by atoms with Crippen LogP contribution in [0.3, 0.4) is 0 Å². The van der Waals surface area contributed by atoms with Crippen LogP contribution in [0, 0.1) is 5.92 Å². The third kappa shape index (κ3) is 6.06. The normalized spacial score (nSPS) is 21.6. The van der Waals surface area contributed by atoms with E-state index in [0.29, 0.717) is 6.42 Å². The number of carbonyl (C=O) groups is 2. The van der Waals surface area contributed by atoms with Gasteiger partial charge in [-0.2, -0.15) is 0 Å². The molecule has 1 saturated heterocycles. The van der Waals surface area contributed by atoms with Crippen molar-refractivity contribution in [1.29, 1.82) is 0 Å². The van der Waals surface area contributed by atoms with E-state index in [1.807, 2.05) is 6.92 Å². The van der Waals surface area contributed by atoms with Gasteiger partial charge in [-0.15, -0.1) is 6.58 Å². The van der Waals surface area contributed by atoms with E-state index in [9.17, 15) is 14.2 Å². The highest BCUT2D eigenvalue weighted by Gasteiger charge is 2.59. The van der Waals surface area contributed by atoms with Crippen molar-refractivity contribution in [1.82, 2.24) is 4.90 Å². The highest BCUT2D eigenvalue weighted by atomic mass is 31.2. The topological polar surface area (TPSA) is 131 Å². The number of rotatable bonds is 11. The van der Waals surface area contributed by atoms with Gasteiger partial charge in [0, 0.05) is 4.91 Å². The predicted molar refractivity (Wildman–Crippen MR) is 108 cm³/mol. The third-order valence-electron chi connectivity index (χ3n) is 4.22. The molecule has 29 heavy (non-hydrogen) atoms. The number of hydrogen-bond acceptors (Lipinski definition) is 7. The molecule has 1 aliphatic rings. The van der Waals surface area contributed by atoms with E-state index in [0.717, 1.165) is 4.90 Å². The summed E-state index contributed by atoms with van der Waals surface area (Å²) in [6.07, 6.45) is 2.04. The Balaban J connectivity index is 3.46. The van der Waals surface area contributed by atoms with E-state index >= 15 is 0 Å². The molecule has 1 amide bonds. The average molecular weight is 430 g/mol. The largest absolute Gasteiger partial charge is 0.458 e. The molecule has 10 nitrogen and oxygen atoms in total. The van der Waals surface area contributed by atoms with Crippen molar-refractivity contribution in [3.05, 3.63) is 23.1 Å². The molecule has 0 N–H and O–H groups in total. The van der Waals surface area contributed by atoms with Crippen LogP contribution < -0.4 is 0 Å². The lowest BCUT2D eigenvalue weighted by Crippen LogP contribution is -2.69. The monoisotopic (exact) mass is 430 g/mol. The second-order valence-electron chi connectivity index (χ2n) is 7.69. The SMILES string of the molecule is C=CC(C)CC1C(N=[N+]=[N-])C(=O)N1C(C(=O)OC(C)(C)C)P(=O)(OCC)OCC. The van der Waals surface area contributed by atoms with Crippen molar-refractivity contribution in [3.8, 4) is 0 Å². The maximum Gasteiger partial charge on any atom is 0.364 e. The van der Waals surface area contributed by atoms with Crippen LogP contribution in [0.1, 0.15) is 48.0 Å². The van der Waals surface area contributed by atoms with Crippen molar-refractivity contribution in [3.63, 3.8) is 0 Å². The second kappa shape index (κ2) is 10.3. The van der Waals surface area contributed by atoms with Crippen LogP contribution in [0.4, 0.5) is 0 Å². The summed E-state index contributed by atoms with van der Waals surface area (Å²) in [6, 6.07) is -1.68.